The zero-order chi connectivity index (χ0) is 22.2. The van der Waals surface area contributed by atoms with Crippen LogP contribution in [0.2, 0.25) is 0 Å². The van der Waals surface area contributed by atoms with E-state index in [2.05, 4.69) is 10.0 Å². The third kappa shape index (κ3) is 7.21. The minimum atomic E-state index is -3.47. The van der Waals surface area contributed by atoms with Gasteiger partial charge in [0.2, 0.25) is 0 Å². The molecule has 0 aromatic heterocycles. The molecule has 0 fully saturated rings. The molecule has 0 spiro atoms. The summed E-state index contributed by atoms with van der Waals surface area (Å²) in [5.41, 5.74) is -0.770. The Morgan fingerprint density at radius 3 is 2.43 bits per heavy atom. The van der Waals surface area contributed by atoms with E-state index in [0.29, 0.717) is 0 Å². The molecule has 0 aliphatic heterocycles. The number of rotatable bonds is 10. The second-order valence-electron chi connectivity index (χ2n) is 6.82. The molecule has 2 aromatic rings. The number of aliphatic hydroxyl groups excluding tert-OH is 1. The van der Waals surface area contributed by atoms with Gasteiger partial charge < -0.3 is 19.7 Å². The lowest BCUT2D eigenvalue weighted by atomic mass is 9.94. The van der Waals surface area contributed by atoms with Gasteiger partial charge in [-0.05, 0) is 18.6 Å². The molecule has 10 heteroatoms. The Bertz CT molecular complexity index is 829. The molecular formula is C20H23F3N2O4S. The maximum atomic E-state index is 14.4. The van der Waals surface area contributed by atoms with Crippen LogP contribution in [-0.2, 0) is 28.2 Å². The van der Waals surface area contributed by atoms with Gasteiger partial charge in [-0.2, -0.15) is 0 Å². The fourth-order valence-corrected chi connectivity index (χ4v) is 3.86. The van der Waals surface area contributed by atoms with Crippen LogP contribution in [0, 0.1) is 5.82 Å². The first-order valence-electron chi connectivity index (χ1n) is 9.00. The lowest BCUT2D eigenvalue weighted by Crippen LogP contribution is -2.52. The first-order chi connectivity index (χ1) is 14.1. The van der Waals surface area contributed by atoms with Gasteiger partial charge in [0, 0.05) is 16.9 Å². The Morgan fingerprint density at radius 1 is 1.17 bits per heavy atom. The predicted molar refractivity (Wildman–Crippen MR) is 107 cm³/mol. The Balaban J connectivity index is 2.11. The maximum absolute atomic E-state index is 14.4. The lowest BCUT2D eigenvalue weighted by molar-refractivity contribution is -0.0437. The van der Waals surface area contributed by atoms with Crippen LogP contribution < -0.4 is 10.0 Å². The number of carbonyl (C=O) groups is 1. The van der Waals surface area contributed by atoms with Crippen LogP contribution >= 0.6 is 0 Å². The average Bonchev–Trinajstić information content (AvgIpc) is 2.72. The molecule has 0 radical (unpaired) electrons. The SMILES string of the molecule is C[C@@](C[S+]([O-])NCC(F)(F)CO)(NC(=O)OCc1ccccc1)c1ccccc1F. The first kappa shape index (κ1) is 24.0. The van der Waals surface area contributed by atoms with Gasteiger partial charge in [0.05, 0.1) is 0 Å². The van der Waals surface area contributed by atoms with Crippen molar-refractivity contribution < 1.29 is 32.4 Å². The highest BCUT2D eigenvalue weighted by Gasteiger charge is 2.38. The molecule has 6 nitrogen and oxygen atoms in total. The number of aliphatic hydroxyl groups is 1. The number of carbonyl (C=O) groups excluding carboxylic acids is 1. The topological polar surface area (TPSA) is 93.6 Å². The normalized spacial score (nSPS) is 14.6. The Kier molecular flexibility index (Phi) is 8.54. The highest BCUT2D eigenvalue weighted by molar-refractivity contribution is 7.89. The van der Waals surface area contributed by atoms with E-state index in [1.807, 2.05) is 0 Å². The molecule has 0 aliphatic rings. The second-order valence-corrected chi connectivity index (χ2v) is 8.09. The van der Waals surface area contributed by atoms with Crippen molar-refractivity contribution in [1.82, 2.24) is 10.0 Å². The number of nitrogens with one attached hydrogen (secondary N) is 2. The second kappa shape index (κ2) is 10.7. The number of amides is 1. The van der Waals surface area contributed by atoms with Crippen LogP contribution in [0.25, 0.3) is 0 Å². The van der Waals surface area contributed by atoms with Gasteiger partial charge >= 0.3 is 6.09 Å². The largest absolute Gasteiger partial charge is 0.598 e. The van der Waals surface area contributed by atoms with Crippen molar-refractivity contribution in [3.63, 3.8) is 0 Å². The first-order valence-corrected chi connectivity index (χ1v) is 10.3. The smallest absolute Gasteiger partial charge is 0.408 e. The van der Waals surface area contributed by atoms with Gasteiger partial charge in [0.1, 0.15) is 31.1 Å². The van der Waals surface area contributed by atoms with E-state index >= 15 is 0 Å². The minimum Gasteiger partial charge on any atom is -0.598 e. The van der Waals surface area contributed by atoms with Crippen molar-refractivity contribution in [1.29, 1.82) is 0 Å². The highest BCUT2D eigenvalue weighted by Crippen LogP contribution is 2.26. The van der Waals surface area contributed by atoms with E-state index < -0.39 is 53.6 Å². The number of hydrogen-bond donors (Lipinski definition) is 3. The van der Waals surface area contributed by atoms with Crippen molar-refractivity contribution in [2.24, 2.45) is 0 Å². The number of benzene rings is 2. The summed E-state index contributed by atoms with van der Waals surface area (Å²) in [6.45, 7) is -1.07. The van der Waals surface area contributed by atoms with Gasteiger partial charge in [0.25, 0.3) is 5.92 Å². The third-order valence-corrected chi connectivity index (χ3v) is 5.51. The monoisotopic (exact) mass is 444 g/mol. The van der Waals surface area contributed by atoms with Crippen LogP contribution in [0.4, 0.5) is 18.0 Å². The summed E-state index contributed by atoms with van der Waals surface area (Å²) in [7, 11) is 0. The van der Waals surface area contributed by atoms with Crippen molar-refractivity contribution in [2.75, 3.05) is 18.9 Å². The predicted octanol–water partition coefficient (Wildman–Crippen LogP) is 2.85. The molecular weight excluding hydrogens is 421 g/mol. The van der Waals surface area contributed by atoms with E-state index in [4.69, 9.17) is 9.84 Å². The van der Waals surface area contributed by atoms with Gasteiger partial charge in [-0.3, -0.25) is 0 Å². The summed E-state index contributed by atoms with van der Waals surface area (Å²) in [5.74, 6) is -4.55. The summed E-state index contributed by atoms with van der Waals surface area (Å²) >= 11 is -2.08. The molecule has 0 heterocycles. The molecule has 2 rings (SSSR count). The van der Waals surface area contributed by atoms with Crippen LogP contribution in [0.15, 0.2) is 54.6 Å². The zero-order valence-electron chi connectivity index (χ0n) is 16.2. The van der Waals surface area contributed by atoms with Crippen molar-refractivity contribution in [2.45, 2.75) is 25.0 Å². The van der Waals surface area contributed by atoms with Crippen LogP contribution in [0.1, 0.15) is 18.1 Å². The Labute approximate surface area is 175 Å². The molecule has 0 saturated heterocycles. The molecule has 1 amide bonds. The minimum absolute atomic E-state index is 0.0192. The van der Waals surface area contributed by atoms with Crippen molar-refractivity contribution in [3.8, 4) is 0 Å². The number of alkyl carbamates (subject to hydrolysis) is 1. The third-order valence-electron chi connectivity index (χ3n) is 4.20. The van der Waals surface area contributed by atoms with Crippen LogP contribution in [0.5, 0.6) is 0 Å². The molecule has 0 bridgehead atoms. The van der Waals surface area contributed by atoms with Crippen molar-refractivity contribution >= 4 is 17.5 Å². The molecule has 1 unspecified atom stereocenters. The highest BCUT2D eigenvalue weighted by atomic mass is 32.2. The van der Waals surface area contributed by atoms with E-state index in [1.54, 1.807) is 30.3 Å². The van der Waals surface area contributed by atoms with Gasteiger partial charge in [-0.1, -0.05) is 48.5 Å². The Hall–Kier alpha value is -2.27. The molecule has 2 aromatic carbocycles. The summed E-state index contributed by atoms with van der Waals surface area (Å²) < 4.78 is 60.4. The van der Waals surface area contributed by atoms with E-state index in [-0.39, 0.29) is 12.2 Å². The summed E-state index contributed by atoms with van der Waals surface area (Å²) in [6.07, 6.45) is -0.887. The number of ether oxygens (including phenoxy) is 1. The fraction of sp³-hybridized carbons (Fsp3) is 0.350. The van der Waals surface area contributed by atoms with Gasteiger partial charge in [0.15, 0.2) is 5.75 Å². The molecule has 164 valence electrons. The number of hydrogen-bond acceptors (Lipinski definition) is 5. The zero-order valence-corrected chi connectivity index (χ0v) is 17.1. The summed E-state index contributed by atoms with van der Waals surface area (Å²) in [4.78, 5) is 12.3. The molecule has 30 heavy (non-hydrogen) atoms. The fourth-order valence-electron chi connectivity index (χ4n) is 2.63. The van der Waals surface area contributed by atoms with Gasteiger partial charge in [-0.25, -0.2) is 18.0 Å². The quantitative estimate of drug-likeness (QED) is 0.490. The average molecular weight is 444 g/mol. The summed E-state index contributed by atoms with van der Waals surface area (Å²) in [5, 5.41) is 11.1. The van der Waals surface area contributed by atoms with E-state index in [1.165, 1.54) is 31.2 Å². The summed E-state index contributed by atoms with van der Waals surface area (Å²) in [6, 6.07) is 14.4. The van der Waals surface area contributed by atoms with Crippen LogP contribution in [-0.4, -0.2) is 40.6 Å². The van der Waals surface area contributed by atoms with E-state index in [0.717, 1.165) is 5.56 Å². The molecule has 2 atom stereocenters. The van der Waals surface area contributed by atoms with Crippen LogP contribution in [0.3, 0.4) is 0 Å². The maximum Gasteiger partial charge on any atom is 0.408 e. The van der Waals surface area contributed by atoms with Gasteiger partial charge in [-0.15, -0.1) is 4.72 Å². The number of alkyl halides is 2. The van der Waals surface area contributed by atoms with E-state index in [9.17, 15) is 22.5 Å². The standard InChI is InChI=1S/C20H23F3N2O4S/c1-19(16-9-5-6-10-17(16)21,14-30(28)24-12-20(22,23)13-26)25-18(27)29-11-15-7-3-2-4-8-15/h2-10,24,26H,11-14H2,1H3,(H,25,27)/t19-,30?/m0/s1. The molecule has 3 N–H and O–H groups in total. The lowest BCUT2D eigenvalue weighted by Gasteiger charge is -2.31. The molecule has 0 aliphatic carbocycles. The van der Waals surface area contributed by atoms with Crippen molar-refractivity contribution in [3.05, 3.63) is 71.5 Å². The Morgan fingerprint density at radius 2 is 1.80 bits per heavy atom. The molecule has 0 saturated carbocycles. The number of halogens is 3.